The summed E-state index contributed by atoms with van der Waals surface area (Å²) in [6, 6.07) is 9.86. The molecule has 21 heavy (non-hydrogen) atoms. The monoisotopic (exact) mass is 286 g/mol. The molecule has 112 valence electrons. The zero-order valence-electron chi connectivity index (χ0n) is 12.3. The molecule has 0 aromatic heterocycles. The average molecular weight is 286 g/mol. The van der Waals surface area contributed by atoms with Crippen LogP contribution in [-0.2, 0) is 15.1 Å². The summed E-state index contributed by atoms with van der Waals surface area (Å²) in [5.74, 6) is 0.266. The average Bonchev–Trinajstić information content (AvgIpc) is 2.48. The van der Waals surface area contributed by atoms with E-state index in [2.05, 4.69) is 0 Å². The molecule has 3 nitrogen and oxygen atoms in total. The lowest BCUT2D eigenvalue weighted by Gasteiger charge is -2.39. The van der Waals surface area contributed by atoms with E-state index in [-0.39, 0.29) is 5.76 Å². The van der Waals surface area contributed by atoms with Crippen LogP contribution in [0, 0.1) is 5.92 Å². The first kappa shape index (κ1) is 14.2. The summed E-state index contributed by atoms with van der Waals surface area (Å²) >= 11 is 0. The van der Waals surface area contributed by atoms with Crippen molar-refractivity contribution in [2.24, 2.45) is 5.92 Å². The van der Waals surface area contributed by atoms with E-state index < -0.39 is 11.6 Å². The van der Waals surface area contributed by atoms with E-state index in [1.807, 2.05) is 30.3 Å². The standard InChI is InChI=1S/C18H22O3/c19-16-11-17(20)21-18(13-16,15-9-5-2-6-10-15)12-14-7-3-1-4-8-14/h2,5-6,9-11,14,19H,1,3-4,7-8,12-13H2. The van der Waals surface area contributed by atoms with E-state index >= 15 is 0 Å². The van der Waals surface area contributed by atoms with Gasteiger partial charge in [-0.15, -0.1) is 0 Å². The lowest BCUT2D eigenvalue weighted by atomic mass is 9.75. The fraction of sp³-hybridized carbons (Fsp3) is 0.500. The van der Waals surface area contributed by atoms with Gasteiger partial charge in [0.15, 0.2) is 0 Å². The van der Waals surface area contributed by atoms with E-state index in [1.165, 1.54) is 38.2 Å². The van der Waals surface area contributed by atoms with Crippen LogP contribution in [0.4, 0.5) is 0 Å². The van der Waals surface area contributed by atoms with E-state index in [0.717, 1.165) is 12.0 Å². The Balaban J connectivity index is 1.91. The number of aliphatic hydroxyl groups is 1. The minimum Gasteiger partial charge on any atom is -0.512 e. The maximum Gasteiger partial charge on any atom is 0.335 e. The molecule has 3 rings (SSSR count). The first-order chi connectivity index (χ1) is 10.2. The quantitative estimate of drug-likeness (QED) is 0.845. The Hall–Kier alpha value is -1.77. The van der Waals surface area contributed by atoms with Crippen LogP contribution in [0.1, 0.15) is 50.5 Å². The highest BCUT2D eigenvalue weighted by Gasteiger charge is 2.42. The number of carbonyl (C=O) groups excluding carboxylic acids is 1. The molecular weight excluding hydrogens is 264 g/mol. The molecule has 1 aromatic rings. The van der Waals surface area contributed by atoms with E-state index in [4.69, 9.17) is 4.74 Å². The van der Waals surface area contributed by atoms with Crippen molar-refractivity contribution in [1.29, 1.82) is 0 Å². The summed E-state index contributed by atoms with van der Waals surface area (Å²) in [4.78, 5) is 11.8. The number of hydrogen-bond acceptors (Lipinski definition) is 3. The number of cyclic esters (lactones) is 1. The van der Waals surface area contributed by atoms with Crippen molar-refractivity contribution in [3.05, 3.63) is 47.7 Å². The Morgan fingerprint density at radius 3 is 2.52 bits per heavy atom. The van der Waals surface area contributed by atoms with Crippen LogP contribution in [0.15, 0.2) is 42.2 Å². The molecule has 0 bridgehead atoms. The summed E-state index contributed by atoms with van der Waals surface area (Å²) < 4.78 is 5.76. The lowest BCUT2D eigenvalue weighted by Crippen LogP contribution is -2.38. The van der Waals surface area contributed by atoms with Gasteiger partial charge in [0.25, 0.3) is 0 Å². The first-order valence-electron chi connectivity index (χ1n) is 7.86. The Kier molecular flexibility index (Phi) is 4.00. The zero-order chi connectivity index (χ0) is 14.7. The van der Waals surface area contributed by atoms with Crippen molar-refractivity contribution in [2.75, 3.05) is 0 Å². The summed E-state index contributed by atoms with van der Waals surface area (Å²) in [5, 5.41) is 9.97. The molecule has 1 aromatic carbocycles. The van der Waals surface area contributed by atoms with Crippen molar-refractivity contribution >= 4 is 5.97 Å². The number of esters is 1. The number of aliphatic hydroxyl groups excluding tert-OH is 1. The van der Waals surface area contributed by atoms with Crippen LogP contribution < -0.4 is 0 Å². The number of hydrogen-bond donors (Lipinski definition) is 1. The van der Waals surface area contributed by atoms with Crippen LogP contribution in [0.3, 0.4) is 0 Å². The van der Waals surface area contributed by atoms with Crippen molar-refractivity contribution in [3.63, 3.8) is 0 Å². The fourth-order valence-electron chi connectivity index (χ4n) is 3.73. The topological polar surface area (TPSA) is 46.5 Å². The Morgan fingerprint density at radius 1 is 1.14 bits per heavy atom. The molecule has 0 spiro atoms. The van der Waals surface area contributed by atoms with Gasteiger partial charge >= 0.3 is 5.97 Å². The number of carbonyl (C=O) groups is 1. The largest absolute Gasteiger partial charge is 0.512 e. The molecule has 1 aliphatic carbocycles. The van der Waals surface area contributed by atoms with Crippen LogP contribution in [0.25, 0.3) is 0 Å². The van der Waals surface area contributed by atoms with Crippen molar-refractivity contribution < 1.29 is 14.6 Å². The molecule has 1 aliphatic heterocycles. The molecule has 3 heteroatoms. The van der Waals surface area contributed by atoms with Crippen LogP contribution in [0.2, 0.25) is 0 Å². The molecule has 1 atom stereocenters. The Bertz CT molecular complexity index is 529. The fourth-order valence-corrected chi connectivity index (χ4v) is 3.73. The highest BCUT2D eigenvalue weighted by Crippen LogP contribution is 2.43. The summed E-state index contributed by atoms with van der Waals surface area (Å²) in [7, 11) is 0. The third kappa shape index (κ3) is 3.12. The van der Waals surface area contributed by atoms with Gasteiger partial charge in [-0.3, -0.25) is 0 Å². The van der Waals surface area contributed by atoms with Crippen LogP contribution >= 0.6 is 0 Å². The molecule has 1 saturated carbocycles. The number of rotatable bonds is 3. The minimum absolute atomic E-state index is 0.130. The smallest absolute Gasteiger partial charge is 0.335 e. The van der Waals surface area contributed by atoms with Crippen molar-refractivity contribution in [1.82, 2.24) is 0 Å². The molecule has 0 amide bonds. The Labute approximate surface area is 125 Å². The van der Waals surface area contributed by atoms with E-state index in [9.17, 15) is 9.90 Å². The number of benzene rings is 1. The van der Waals surface area contributed by atoms with Gasteiger partial charge < -0.3 is 9.84 Å². The maximum atomic E-state index is 11.8. The first-order valence-corrected chi connectivity index (χ1v) is 7.86. The molecule has 0 radical (unpaired) electrons. The number of ether oxygens (including phenoxy) is 1. The summed E-state index contributed by atoms with van der Waals surface area (Å²) in [6.45, 7) is 0. The molecule has 0 saturated heterocycles. The minimum atomic E-state index is -0.695. The zero-order valence-corrected chi connectivity index (χ0v) is 12.3. The Morgan fingerprint density at radius 2 is 1.86 bits per heavy atom. The van der Waals surface area contributed by atoms with Gasteiger partial charge in [0.2, 0.25) is 0 Å². The third-order valence-electron chi connectivity index (χ3n) is 4.69. The normalized spacial score (nSPS) is 27.0. The highest BCUT2D eigenvalue weighted by molar-refractivity contribution is 5.84. The molecular formula is C18H22O3. The maximum absolute atomic E-state index is 11.8. The lowest BCUT2D eigenvalue weighted by molar-refractivity contribution is -0.161. The molecule has 1 heterocycles. The molecule has 1 fully saturated rings. The highest BCUT2D eigenvalue weighted by atomic mass is 16.6. The second-order valence-corrected chi connectivity index (χ2v) is 6.30. The van der Waals surface area contributed by atoms with E-state index in [1.54, 1.807) is 0 Å². The van der Waals surface area contributed by atoms with Gasteiger partial charge in [-0.2, -0.15) is 0 Å². The van der Waals surface area contributed by atoms with Crippen LogP contribution in [-0.4, -0.2) is 11.1 Å². The van der Waals surface area contributed by atoms with Gasteiger partial charge in [0.1, 0.15) is 11.4 Å². The van der Waals surface area contributed by atoms with Gasteiger partial charge in [-0.05, 0) is 17.9 Å². The van der Waals surface area contributed by atoms with Crippen molar-refractivity contribution in [3.8, 4) is 0 Å². The molecule has 1 unspecified atom stereocenters. The van der Waals surface area contributed by atoms with Gasteiger partial charge in [-0.1, -0.05) is 62.4 Å². The van der Waals surface area contributed by atoms with Crippen molar-refractivity contribution in [2.45, 2.75) is 50.5 Å². The predicted molar refractivity (Wildman–Crippen MR) is 80.7 cm³/mol. The van der Waals surface area contributed by atoms with Gasteiger partial charge in [0.05, 0.1) is 6.08 Å². The summed E-state index contributed by atoms with van der Waals surface area (Å²) in [5.41, 5.74) is 0.294. The molecule has 2 aliphatic rings. The molecule has 1 N–H and O–H groups in total. The summed E-state index contributed by atoms with van der Waals surface area (Å²) in [6.07, 6.45) is 8.59. The predicted octanol–water partition coefficient (Wildman–Crippen LogP) is 4.24. The van der Waals surface area contributed by atoms with Crippen LogP contribution in [0.5, 0.6) is 0 Å². The van der Waals surface area contributed by atoms with Gasteiger partial charge in [-0.25, -0.2) is 4.79 Å². The van der Waals surface area contributed by atoms with Gasteiger partial charge in [0, 0.05) is 6.42 Å². The second-order valence-electron chi connectivity index (χ2n) is 6.30. The second kappa shape index (κ2) is 5.92. The SMILES string of the molecule is O=C1C=C(O)CC(CC2CCCCC2)(c2ccccc2)O1. The van der Waals surface area contributed by atoms with E-state index in [0.29, 0.717) is 12.3 Å². The third-order valence-corrected chi connectivity index (χ3v) is 4.69.